The third kappa shape index (κ3) is 2.70. The van der Waals surface area contributed by atoms with Gasteiger partial charge < -0.3 is 10.5 Å². The van der Waals surface area contributed by atoms with Gasteiger partial charge in [-0.25, -0.2) is 14.6 Å². The first-order chi connectivity index (χ1) is 10.9. The zero-order valence-electron chi connectivity index (χ0n) is 12.6. The highest BCUT2D eigenvalue weighted by Crippen LogP contribution is 2.30. The summed E-state index contributed by atoms with van der Waals surface area (Å²) in [5.74, 6) is 0.844. The molecule has 0 saturated heterocycles. The lowest BCUT2D eigenvalue weighted by Crippen LogP contribution is -2.09. The van der Waals surface area contributed by atoms with Crippen LogP contribution in [-0.4, -0.2) is 37.1 Å². The summed E-state index contributed by atoms with van der Waals surface area (Å²) in [5.41, 5.74) is 9.14. The Labute approximate surface area is 145 Å². The summed E-state index contributed by atoms with van der Waals surface area (Å²) in [6, 6.07) is 0. The van der Waals surface area contributed by atoms with Gasteiger partial charge in [-0.2, -0.15) is 4.98 Å². The number of hydrogen-bond acceptors (Lipinski definition) is 7. The van der Waals surface area contributed by atoms with Gasteiger partial charge in [-0.05, 0) is 29.8 Å². The molecule has 120 valence electrons. The monoisotopic (exact) mass is 397 g/mol. The van der Waals surface area contributed by atoms with Gasteiger partial charge >= 0.3 is 0 Å². The number of methoxy groups -OCH3 is 1. The molecule has 0 spiro atoms. The number of pyridine rings is 1. The molecule has 2 N–H and O–H groups in total. The zero-order chi connectivity index (χ0) is 16.7. The molecule has 0 saturated carbocycles. The molecule has 3 heterocycles. The minimum absolute atomic E-state index is 0.136. The van der Waals surface area contributed by atoms with Crippen LogP contribution in [0.2, 0.25) is 5.15 Å². The maximum absolute atomic E-state index is 6.19. The van der Waals surface area contributed by atoms with Crippen molar-refractivity contribution in [2.45, 2.75) is 20.4 Å². The fraction of sp³-hybridized carbons (Fsp3) is 0.308. The molecule has 0 amide bonds. The van der Waals surface area contributed by atoms with Gasteiger partial charge in [0.25, 0.3) is 0 Å². The van der Waals surface area contributed by atoms with Gasteiger partial charge in [-0.15, -0.1) is 5.10 Å². The molecule has 10 heteroatoms. The maximum Gasteiger partial charge on any atom is 0.223 e. The second-order valence-electron chi connectivity index (χ2n) is 4.92. The van der Waals surface area contributed by atoms with E-state index in [1.807, 2.05) is 13.8 Å². The van der Waals surface area contributed by atoms with Crippen molar-refractivity contribution in [3.63, 3.8) is 0 Å². The van der Waals surface area contributed by atoms with Gasteiger partial charge in [0.2, 0.25) is 5.95 Å². The quantitative estimate of drug-likeness (QED) is 0.533. The third-order valence-corrected chi connectivity index (χ3v) is 4.42. The van der Waals surface area contributed by atoms with Crippen LogP contribution in [0.5, 0.6) is 5.75 Å². The Morgan fingerprint density at radius 2 is 1.96 bits per heavy atom. The molecule has 0 atom stereocenters. The van der Waals surface area contributed by atoms with E-state index in [0.717, 1.165) is 16.8 Å². The van der Waals surface area contributed by atoms with Gasteiger partial charge in [0, 0.05) is 11.1 Å². The smallest absolute Gasteiger partial charge is 0.223 e. The van der Waals surface area contributed by atoms with Gasteiger partial charge in [-0.3, -0.25) is 0 Å². The van der Waals surface area contributed by atoms with Crippen LogP contribution in [0.25, 0.3) is 11.2 Å². The van der Waals surface area contributed by atoms with E-state index in [1.54, 1.807) is 11.8 Å². The fourth-order valence-electron chi connectivity index (χ4n) is 2.34. The molecule has 8 nitrogen and oxygen atoms in total. The predicted molar refractivity (Wildman–Crippen MR) is 89.6 cm³/mol. The largest absolute Gasteiger partial charge is 0.496 e. The van der Waals surface area contributed by atoms with Crippen LogP contribution < -0.4 is 10.5 Å². The van der Waals surface area contributed by atoms with Crippen LogP contribution in [0, 0.1) is 13.8 Å². The van der Waals surface area contributed by atoms with E-state index >= 15 is 0 Å². The molecule has 0 aliphatic heterocycles. The van der Waals surface area contributed by atoms with Crippen molar-refractivity contribution in [3.8, 4) is 5.75 Å². The number of nitrogen functional groups attached to an aromatic ring is 1. The number of hydrogen-bond donors (Lipinski definition) is 1. The highest BCUT2D eigenvalue weighted by molar-refractivity contribution is 9.10. The number of rotatable bonds is 3. The minimum Gasteiger partial charge on any atom is -0.496 e. The first-order valence-electron chi connectivity index (χ1n) is 6.64. The molecular weight excluding hydrogens is 386 g/mol. The van der Waals surface area contributed by atoms with Gasteiger partial charge in [0.05, 0.1) is 19.3 Å². The molecule has 0 radical (unpaired) electrons. The number of halogens is 2. The molecule has 0 aromatic carbocycles. The van der Waals surface area contributed by atoms with Gasteiger partial charge in [0.15, 0.2) is 11.2 Å². The highest BCUT2D eigenvalue weighted by Gasteiger charge is 2.17. The van der Waals surface area contributed by atoms with Crippen molar-refractivity contribution >= 4 is 44.6 Å². The molecule has 23 heavy (non-hydrogen) atoms. The average Bonchev–Trinajstić information content (AvgIpc) is 2.89. The topological polar surface area (TPSA) is 105 Å². The van der Waals surface area contributed by atoms with E-state index in [9.17, 15) is 0 Å². The zero-order valence-corrected chi connectivity index (χ0v) is 15.0. The lowest BCUT2D eigenvalue weighted by molar-refractivity contribution is 0.406. The maximum atomic E-state index is 6.19. The number of nitrogens with two attached hydrogens (primary N) is 1. The van der Waals surface area contributed by atoms with Crippen LogP contribution >= 0.6 is 27.5 Å². The second-order valence-corrected chi connectivity index (χ2v) is 6.03. The lowest BCUT2D eigenvalue weighted by Gasteiger charge is -2.13. The van der Waals surface area contributed by atoms with Crippen LogP contribution in [0.3, 0.4) is 0 Å². The molecule has 0 unspecified atom stereocenters. The molecular formula is C13H13BrClN7O. The van der Waals surface area contributed by atoms with E-state index in [1.165, 1.54) is 0 Å². The van der Waals surface area contributed by atoms with E-state index in [2.05, 4.69) is 41.2 Å². The number of fused-ring (bicyclic) bond motifs is 1. The van der Waals surface area contributed by atoms with Crippen molar-refractivity contribution in [2.75, 3.05) is 12.8 Å². The van der Waals surface area contributed by atoms with E-state index in [0.29, 0.717) is 33.2 Å². The Kier molecular flexibility index (Phi) is 4.07. The Bertz CT molecular complexity index is 911. The summed E-state index contributed by atoms with van der Waals surface area (Å²) >= 11 is 9.49. The van der Waals surface area contributed by atoms with Crippen molar-refractivity contribution in [1.29, 1.82) is 0 Å². The van der Waals surface area contributed by atoms with Gasteiger partial charge in [0.1, 0.15) is 15.5 Å². The number of nitrogens with zero attached hydrogens (tertiary/aromatic N) is 6. The van der Waals surface area contributed by atoms with Crippen LogP contribution in [0.4, 0.5) is 5.95 Å². The Balaban J connectivity index is 2.12. The standard InChI is InChI=1S/C13H13BrClN7O/c1-5-7(17-11(15)6(2)9(5)23-3)4-22-12-8(20-21-22)10(14)18-13(16)19-12/h4H2,1-3H3,(H2,16,18,19). The van der Waals surface area contributed by atoms with Crippen LogP contribution in [-0.2, 0) is 6.54 Å². The Hall–Kier alpha value is -2.00. The van der Waals surface area contributed by atoms with Crippen molar-refractivity contribution < 1.29 is 4.74 Å². The Morgan fingerprint density at radius 1 is 1.22 bits per heavy atom. The first-order valence-corrected chi connectivity index (χ1v) is 7.81. The third-order valence-electron chi connectivity index (χ3n) is 3.50. The van der Waals surface area contributed by atoms with Crippen molar-refractivity contribution in [2.24, 2.45) is 0 Å². The number of aromatic nitrogens is 6. The molecule has 0 fully saturated rings. The summed E-state index contributed by atoms with van der Waals surface area (Å²) in [6.45, 7) is 4.12. The summed E-state index contributed by atoms with van der Waals surface area (Å²) in [4.78, 5) is 12.6. The molecule has 0 aliphatic carbocycles. The molecule has 3 rings (SSSR count). The number of ether oxygens (including phenoxy) is 1. The summed E-state index contributed by atoms with van der Waals surface area (Å²) in [6.07, 6.45) is 0. The fourth-order valence-corrected chi connectivity index (χ4v) is 2.97. The second kappa shape index (κ2) is 5.89. The predicted octanol–water partition coefficient (Wildman–Crippen LogP) is 2.29. The normalized spacial score (nSPS) is 11.2. The van der Waals surface area contributed by atoms with Crippen molar-refractivity contribution in [1.82, 2.24) is 29.9 Å². The average molecular weight is 399 g/mol. The minimum atomic E-state index is 0.136. The molecule has 0 bridgehead atoms. The van der Waals surface area contributed by atoms with Crippen LogP contribution in [0.1, 0.15) is 16.8 Å². The van der Waals surface area contributed by atoms with Crippen LogP contribution in [0.15, 0.2) is 4.60 Å². The van der Waals surface area contributed by atoms with Crippen molar-refractivity contribution in [3.05, 3.63) is 26.6 Å². The Morgan fingerprint density at radius 3 is 2.65 bits per heavy atom. The molecule has 0 aliphatic rings. The molecule has 3 aromatic rings. The SMILES string of the molecule is COc1c(C)c(Cl)nc(Cn2nnc3c(Br)nc(N)nc32)c1C. The summed E-state index contributed by atoms with van der Waals surface area (Å²) in [5, 5.41) is 8.55. The number of anilines is 1. The van der Waals surface area contributed by atoms with E-state index in [-0.39, 0.29) is 5.95 Å². The first kappa shape index (κ1) is 15.9. The van der Waals surface area contributed by atoms with Gasteiger partial charge in [-0.1, -0.05) is 16.8 Å². The molecule has 3 aromatic heterocycles. The summed E-state index contributed by atoms with van der Waals surface area (Å²) < 4.78 is 7.51. The lowest BCUT2D eigenvalue weighted by atomic mass is 10.1. The van der Waals surface area contributed by atoms with E-state index < -0.39 is 0 Å². The summed E-state index contributed by atoms with van der Waals surface area (Å²) in [7, 11) is 1.60. The highest BCUT2D eigenvalue weighted by atomic mass is 79.9. The van der Waals surface area contributed by atoms with E-state index in [4.69, 9.17) is 22.1 Å².